The highest BCUT2D eigenvalue weighted by Crippen LogP contribution is 2.27. The third-order valence-corrected chi connectivity index (χ3v) is 8.05. The van der Waals surface area contributed by atoms with Crippen LogP contribution in [0.4, 0.5) is 5.69 Å². The van der Waals surface area contributed by atoms with Gasteiger partial charge in [0.2, 0.25) is 15.9 Å². The lowest BCUT2D eigenvalue weighted by Crippen LogP contribution is -2.27. The average molecular weight is 485 g/mol. The monoisotopic (exact) mass is 484 g/mol. The Kier molecular flexibility index (Phi) is 7.23. The molecule has 2 aromatic carbocycles. The highest BCUT2D eigenvalue weighted by Gasteiger charge is 2.28. The summed E-state index contributed by atoms with van der Waals surface area (Å²) in [6.45, 7) is 5.92. The van der Waals surface area contributed by atoms with E-state index in [1.807, 2.05) is 31.2 Å². The minimum Gasteiger partial charge on any atom is -0.495 e. The van der Waals surface area contributed by atoms with E-state index in [9.17, 15) is 13.2 Å². The van der Waals surface area contributed by atoms with Crippen molar-refractivity contribution in [1.82, 2.24) is 13.9 Å². The molecule has 1 aromatic heterocycles. The molecule has 2 heterocycles. The van der Waals surface area contributed by atoms with Gasteiger partial charge in [0.1, 0.15) is 11.6 Å². The van der Waals surface area contributed by atoms with Gasteiger partial charge in [-0.3, -0.25) is 4.79 Å². The van der Waals surface area contributed by atoms with E-state index in [2.05, 4.69) is 16.8 Å². The van der Waals surface area contributed by atoms with Crippen molar-refractivity contribution in [2.45, 2.75) is 57.4 Å². The molecule has 1 fully saturated rings. The van der Waals surface area contributed by atoms with E-state index >= 15 is 0 Å². The van der Waals surface area contributed by atoms with E-state index in [1.54, 1.807) is 23.5 Å². The van der Waals surface area contributed by atoms with Crippen LogP contribution in [-0.2, 0) is 27.8 Å². The zero-order chi connectivity index (χ0) is 24.3. The van der Waals surface area contributed by atoms with E-state index in [1.165, 1.54) is 0 Å². The van der Waals surface area contributed by atoms with Crippen LogP contribution < -0.4 is 10.1 Å². The van der Waals surface area contributed by atoms with Crippen molar-refractivity contribution in [3.63, 3.8) is 0 Å². The number of nitrogens with zero attached hydrogens (tertiary/aromatic N) is 3. The topological polar surface area (TPSA) is 93.5 Å². The lowest BCUT2D eigenvalue weighted by atomic mass is 10.2. The summed E-state index contributed by atoms with van der Waals surface area (Å²) in [7, 11) is -1.93. The zero-order valence-electron chi connectivity index (χ0n) is 20.0. The molecule has 0 radical (unpaired) electrons. The molecule has 1 aliphatic heterocycles. The molecule has 9 heteroatoms. The summed E-state index contributed by atoms with van der Waals surface area (Å²) in [6, 6.07) is 10.8. The van der Waals surface area contributed by atoms with E-state index < -0.39 is 10.0 Å². The molecule has 1 aliphatic rings. The molecule has 1 amide bonds. The second kappa shape index (κ2) is 10.1. The fourth-order valence-corrected chi connectivity index (χ4v) is 5.96. The van der Waals surface area contributed by atoms with Gasteiger partial charge in [0.05, 0.1) is 28.7 Å². The van der Waals surface area contributed by atoms with Crippen molar-refractivity contribution in [3.8, 4) is 5.75 Å². The number of carbonyl (C=O) groups excluding carboxylic acids is 1. The molecular formula is C25H32N4O4S. The lowest BCUT2D eigenvalue weighted by molar-refractivity contribution is -0.116. The molecule has 0 atom stereocenters. The summed E-state index contributed by atoms with van der Waals surface area (Å²) >= 11 is 0. The van der Waals surface area contributed by atoms with Gasteiger partial charge in [0, 0.05) is 32.5 Å². The van der Waals surface area contributed by atoms with Crippen molar-refractivity contribution in [2.75, 3.05) is 25.5 Å². The second-order valence-electron chi connectivity index (χ2n) is 8.69. The molecule has 0 unspecified atom stereocenters. The maximum Gasteiger partial charge on any atom is 0.243 e. The van der Waals surface area contributed by atoms with Crippen molar-refractivity contribution < 1.29 is 17.9 Å². The number of methoxy groups -OCH3 is 1. The van der Waals surface area contributed by atoms with Gasteiger partial charge in [0.25, 0.3) is 0 Å². The number of hydrogen-bond acceptors (Lipinski definition) is 5. The van der Waals surface area contributed by atoms with Gasteiger partial charge in [0.15, 0.2) is 0 Å². The first-order chi connectivity index (χ1) is 16.3. The molecule has 34 heavy (non-hydrogen) atoms. The third kappa shape index (κ3) is 4.95. The Hall–Kier alpha value is -2.91. The van der Waals surface area contributed by atoms with Crippen molar-refractivity contribution in [2.24, 2.45) is 0 Å². The third-order valence-electron chi connectivity index (χ3n) is 6.15. The highest BCUT2D eigenvalue weighted by atomic mass is 32.2. The normalized spacial score (nSPS) is 14.6. The molecule has 0 bridgehead atoms. The number of rotatable bonds is 9. The van der Waals surface area contributed by atoms with Crippen LogP contribution in [0.3, 0.4) is 0 Å². The first-order valence-corrected chi connectivity index (χ1v) is 13.2. The van der Waals surface area contributed by atoms with Crippen LogP contribution in [0.1, 0.15) is 44.0 Å². The number of anilines is 1. The van der Waals surface area contributed by atoms with Gasteiger partial charge in [-0.25, -0.2) is 13.4 Å². The van der Waals surface area contributed by atoms with Crippen LogP contribution in [0.2, 0.25) is 0 Å². The SMILES string of the molecule is CCCn1c(CCC(=O)Nc2cc(C)ccc2OC)nc2cc(S(=O)(=O)N3CCCC3)ccc21. The van der Waals surface area contributed by atoms with Crippen LogP contribution in [0, 0.1) is 6.92 Å². The Morgan fingerprint density at radius 3 is 2.62 bits per heavy atom. The molecule has 1 saturated heterocycles. The average Bonchev–Trinajstić information content (AvgIpc) is 3.47. The molecule has 0 aliphatic carbocycles. The summed E-state index contributed by atoms with van der Waals surface area (Å²) in [4.78, 5) is 17.7. The number of nitrogens with one attached hydrogen (secondary N) is 1. The zero-order valence-corrected chi connectivity index (χ0v) is 20.8. The molecule has 4 rings (SSSR count). The van der Waals surface area contributed by atoms with Crippen LogP contribution in [0.5, 0.6) is 5.75 Å². The Labute approximate surface area is 201 Å². The Morgan fingerprint density at radius 1 is 1.15 bits per heavy atom. The highest BCUT2D eigenvalue weighted by molar-refractivity contribution is 7.89. The van der Waals surface area contributed by atoms with Gasteiger partial charge in [-0.1, -0.05) is 13.0 Å². The number of hydrogen-bond donors (Lipinski definition) is 1. The number of imidazole rings is 1. The summed E-state index contributed by atoms with van der Waals surface area (Å²) in [5, 5.41) is 2.93. The van der Waals surface area contributed by atoms with Gasteiger partial charge >= 0.3 is 0 Å². The van der Waals surface area contributed by atoms with E-state index in [0.717, 1.165) is 42.7 Å². The minimum absolute atomic E-state index is 0.128. The molecule has 182 valence electrons. The van der Waals surface area contributed by atoms with E-state index in [4.69, 9.17) is 9.72 Å². The van der Waals surface area contributed by atoms with Gasteiger partial charge in [-0.05, 0) is 62.1 Å². The number of sulfonamides is 1. The van der Waals surface area contributed by atoms with Crippen LogP contribution in [0.25, 0.3) is 11.0 Å². The predicted octanol–water partition coefficient (Wildman–Crippen LogP) is 4.12. The van der Waals surface area contributed by atoms with Crippen LogP contribution in [0.15, 0.2) is 41.3 Å². The molecule has 8 nitrogen and oxygen atoms in total. The second-order valence-corrected chi connectivity index (χ2v) is 10.6. The minimum atomic E-state index is -3.51. The van der Waals surface area contributed by atoms with Gasteiger partial charge in [-0.15, -0.1) is 0 Å². The maximum atomic E-state index is 13.0. The molecule has 0 spiro atoms. The molecular weight excluding hydrogens is 452 g/mol. The molecule has 0 saturated carbocycles. The number of aromatic nitrogens is 2. The first kappa shape index (κ1) is 24.2. The predicted molar refractivity (Wildman–Crippen MR) is 133 cm³/mol. The Balaban J connectivity index is 1.55. The number of carbonyl (C=O) groups is 1. The largest absolute Gasteiger partial charge is 0.495 e. The van der Waals surface area contributed by atoms with Crippen molar-refractivity contribution in [3.05, 3.63) is 47.8 Å². The standard InChI is InChI=1S/C25H32N4O4S/c1-4-13-29-22-9-8-19(34(31,32)28-14-5-6-15-28)17-20(22)26-24(29)11-12-25(30)27-21-16-18(2)7-10-23(21)33-3/h7-10,16-17H,4-6,11-15H2,1-3H3,(H,27,30). The summed E-state index contributed by atoms with van der Waals surface area (Å²) in [5.74, 6) is 1.26. The summed E-state index contributed by atoms with van der Waals surface area (Å²) in [6.07, 6.45) is 3.39. The number of fused-ring (bicyclic) bond motifs is 1. The number of aryl methyl sites for hydroxylation is 3. The maximum absolute atomic E-state index is 13.0. The summed E-state index contributed by atoms with van der Waals surface area (Å²) < 4.78 is 35.0. The van der Waals surface area contributed by atoms with Crippen molar-refractivity contribution in [1.29, 1.82) is 0 Å². The van der Waals surface area contributed by atoms with Crippen molar-refractivity contribution >= 4 is 32.7 Å². The van der Waals surface area contributed by atoms with Crippen LogP contribution >= 0.6 is 0 Å². The van der Waals surface area contributed by atoms with Gasteiger partial charge < -0.3 is 14.6 Å². The number of ether oxygens (including phenoxy) is 1. The fraction of sp³-hybridized carbons (Fsp3) is 0.440. The van der Waals surface area contributed by atoms with Gasteiger partial charge in [-0.2, -0.15) is 4.31 Å². The Bertz CT molecular complexity index is 1290. The smallest absolute Gasteiger partial charge is 0.243 e. The van der Waals surface area contributed by atoms with Crippen LogP contribution in [-0.4, -0.2) is 48.4 Å². The Morgan fingerprint density at radius 2 is 1.91 bits per heavy atom. The number of benzene rings is 2. The fourth-order valence-electron chi connectivity index (χ4n) is 4.42. The molecule has 3 aromatic rings. The number of amides is 1. The summed E-state index contributed by atoms with van der Waals surface area (Å²) in [5.41, 5.74) is 3.20. The molecule has 1 N–H and O–H groups in total. The lowest BCUT2D eigenvalue weighted by Gasteiger charge is -2.15. The first-order valence-electron chi connectivity index (χ1n) is 11.8. The quantitative estimate of drug-likeness (QED) is 0.493. The van der Waals surface area contributed by atoms with E-state index in [0.29, 0.717) is 36.5 Å². The van der Waals surface area contributed by atoms with E-state index in [-0.39, 0.29) is 17.2 Å².